The summed E-state index contributed by atoms with van der Waals surface area (Å²) in [5.41, 5.74) is 2.58. The molecular formula is C20H23Cl2N. The molecule has 0 unspecified atom stereocenters. The maximum atomic E-state index is 6.09. The summed E-state index contributed by atoms with van der Waals surface area (Å²) in [7, 11) is 0. The Hall–Kier alpha value is -1.02. The van der Waals surface area contributed by atoms with Crippen molar-refractivity contribution in [2.24, 2.45) is 5.92 Å². The molecule has 0 spiro atoms. The minimum atomic E-state index is 0.252. The van der Waals surface area contributed by atoms with Crippen LogP contribution in [0.1, 0.15) is 43.9 Å². The van der Waals surface area contributed by atoms with Crippen LogP contribution in [-0.2, 0) is 0 Å². The van der Waals surface area contributed by atoms with Gasteiger partial charge < -0.3 is 0 Å². The maximum absolute atomic E-state index is 6.09. The normalized spacial score (nSPS) is 22.5. The molecule has 0 radical (unpaired) electrons. The van der Waals surface area contributed by atoms with Crippen molar-refractivity contribution in [1.29, 1.82) is 0 Å². The van der Waals surface area contributed by atoms with Gasteiger partial charge in [0, 0.05) is 22.6 Å². The third-order valence-corrected chi connectivity index (χ3v) is 5.37. The van der Waals surface area contributed by atoms with Crippen molar-refractivity contribution in [3.8, 4) is 0 Å². The van der Waals surface area contributed by atoms with E-state index in [-0.39, 0.29) is 6.04 Å². The van der Waals surface area contributed by atoms with E-state index >= 15 is 0 Å². The first-order valence-electron chi connectivity index (χ1n) is 8.31. The van der Waals surface area contributed by atoms with Gasteiger partial charge in [0.25, 0.3) is 0 Å². The molecule has 122 valence electrons. The van der Waals surface area contributed by atoms with Crippen LogP contribution in [0, 0.1) is 5.92 Å². The lowest BCUT2D eigenvalue weighted by Crippen LogP contribution is -2.43. The highest BCUT2D eigenvalue weighted by Gasteiger charge is 2.31. The van der Waals surface area contributed by atoms with Gasteiger partial charge in [-0.25, -0.2) is 0 Å². The second-order valence-electron chi connectivity index (χ2n) is 6.73. The van der Waals surface area contributed by atoms with E-state index in [9.17, 15) is 0 Å². The second-order valence-corrected chi connectivity index (χ2v) is 7.61. The lowest BCUT2D eigenvalue weighted by atomic mass is 9.89. The van der Waals surface area contributed by atoms with E-state index in [0.29, 0.717) is 6.04 Å². The van der Waals surface area contributed by atoms with Crippen molar-refractivity contribution >= 4 is 23.2 Å². The Morgan fingerprint density at radius 3 is 1.78 bits per heavy atom. The molecule has 1 aliphatic heterocycles. The number of hydrogen-bond donors (Lipinski definition) is 0. The molecule has 1 fully saturated rings. The van der Waals surface area contributed by atoms with Gasteiger partial charge in [0.15, 0.2) is 0 Å². The molecule has 2 atom stereocenters. The third-order valence-electron chi connectivity index (χ3n) is 4.87. The zero-order valence-electron chi connectivity index (χ0n) is 13.7. The molecule has 1 saturated heterocycles. The van der Waals surface area contributed by atoms with Gasteiger partial charge in [-0.2, -0.15) is 0 Å². The van der Waals surface area contributed by atoms with Crippen molar-refractivity contribution < 1.29 is 0 Å². The van der Waals surface area contributed by atoms with Crippen LogP contribution in [-0.4, -0.2) is 17.5 Å². The Bertz CT molecular complexity index is 590. The predicted octanol–water partition coefficient (Wildman–Crippen LogP) is 6.20. The quantitative estimate of drug-likeness (QED) is 0.638. The molecule has 0 aromatic heterocycles. The van der Waals surface area contributed by atoms with E-state index < -0.39 is 0 Å². The van der Waals surface area contributed by atoms with Crippen LogP contribution in [0.5, 0.6) is 0 Å². The first-order valence-corrected chi connectivity index (χ1v) is 9.07. The predicted molar refractivity (Wildman–Crippen MR) is 99.3 cm³/mol. The van der Waals surface area contributed by atoms with Crippen LogP contribution in [0.4, 0.5) is 0 Å². The molecule has 0 saturated carbocycles. The van der Waals surface area contributed by atoms with Crippen LogP contribution in [0.2, 0.25) is 10.0 Å². The highest BCUT2D eigenvalue weighted by molar-refractivity contribution is 6.30. The van der Waals surface area contributed by atoms with Crippen molar-refractivity contribution in [3.63, 3.8) is 0 Å². The molecule has 0 bridgehead atoms. The molecule has 2 aromatic rings. The largest absolute Gasteiger partial charge is 0.289 e. The Kier molecular flexibility index (Phi) is 5.31. The zero-order valence-corrected chi connectivity index (χ0v) is 15.2. The minimum absolute atomic E-state index is 0.252. The number of hydrogen-bond acceptors (Lipinski definition) is 1. The highest BCUT2D eigenvalue weighted by atomic mass is 35.5. The SMILES string of the molecule is C[C@@H]1CC[C@@H](C)N(C(c2ccc(Cl)cc2)c2ccc(Cl)cc2)C1. The Balaban J connectivity index is 2.01. The van der Waals surface area contributed by atoms with Crippen molar-refractivity contribution in [2.75, 3.05) is 6.54 Å². The van der Waals surface area contributed by atoms with E-state index in [1.807, 2.05) is 24.3 Å². The fourth-order valence-corrected chi connectivity index (χ4v) is 3.80. The molecule has 23 heavy (non-hydrogen) atoms. The summed E-state index contributed by atoms with van der Waals surface area (Å²) in [5, 5.41) is 1.56. The number of rotatable bonds is 3. The molecule has 2 aromatic carbocycles. The van der Waals surface area contributed by atoms with Crippen molar-refractivity contribution in [1.82, 2.24) is 4.90 Å². The minimum Gasteiger partial charge on any atom is -0.289 e. The summed E-state index contributed by atoms with van der Waals surface area (Å²) >= 11 is 12.2. The first kappa shape index (κ1) is 16.8. The van der Waals surface area contributed by atoms with Crippen LogP contribution in [0.15, 0.2) is 48.5 Å². The fourth-order valence-electron chi connectivity index (χ4n) is 3.55. The third kappa shape index (κ3) is 3.91. The zero-order chi connectivity index (χ0) is 16.4. The van der Waals surface area contributed by atoms with Crippen molar-refractivity contribution in [3.05, 3.63) is 69.7 Å². The van der Waals surface area contributed by atoms with E-state index in [0.717, 1.165) is 22.5 Å². The summed E-state index contributed by atoms with van der Waals surface area (Å²) in [5.74, 6) is 0.730. The fraction of sp³-hybridized carbons (Fsp3) is 0.400. The summed E-state index contributed by atoms with van der Waals surface area (Å²) in [4.78, 5) is 2.63. The average Bonchev–Trinajstić information content (AvgIpc) is 2.54. The highest BCUT2D eigenvalue weighted by Crippen LogP contribution is 2.36. The summed E-state index contributed by atoms with van der Waals surface area (Å²) in [6.45, 7) is 5.81. The van der Waals surface area contributed by atoms with Gasteiger partial charge >= 0.3 is 0 Å². The monoisotopic (exact) mass is 347 g/mol. The van der Waals surface area contributed by atoms with Gasteiger partial charge in [0.1, 0.15) is 0 Å². The molecule has 0 N–H and O–H groups in total. The number of likely N-dealkylation sites (tertiary alicyclic amines) is 1. The Morgan fingerprint density at radius 2 is 1.30 bits per heavy atom. The molecule has 0 aliphatic carbocycles. The van der Waals surface area contributed by atoms with Gasteiger partial charge in [0.2, 0.25) is 0 Å². The van der Waals surface area contributed by atoms with E-state index in [4.69, 9.17) is 23.2 Å². The molecule has 1 nitrogen and oxygen atoms in total. The lowest BCUT2D eigenvalue weighted by molar-refractivity contribution is 0.0934. The number of halogens is 2. The standard InChI is InChI=1S/C20H23Cl2N/c1-14-3-4-15(2)23(13-14)20(16-5-9-18(21)10-6-16)17-7-11-19(22)12-8-17/h5-12,14-15,20H,3-4,13H2,1-2H3/t14-,15-/m1/s1. The van der Waals surface area contributed by atoms with Gasteiger partial charge in [-0.15, -0.1) is 0 Å². The van der Waals surface area contributed by atoms with Gasteiger partial charge in [-0.05, 0) is 61.1 Å². The number of piperidine rings is 1. The first-order chi connectivity index (χ1) is 11.0. The Morgan fingerprint density at radius 1 is 0.826 bits per heavy atom. The molecule has 1 heterocycles. The molecular weight excluding hydrogens is 325 g/mol. The maximum Gasteiger partial charge on any atom is 0.0604 e. The molecule has 0 amide bonds. The lowest BCUT2D eigenvalue weighted by Gasteiger charge is -2.42. The van der Waals surface area contributed by atoms with Crippen LogP contribution >= 0.6 is 23.2 Å². The van der Waals surface area contributed by atoms with Crippen LogP contribution in [0.3, 0.4) is 0 Å². The second kappa shape index (κ2) is 7.25. The van der Waals surface area contributed by atoms with Crippen LogP contribution < -0.4 is 0 Å². The van der Waals surface area contributed by atoms with Gasteiger partial charge in [-0.1, -0.05) is 54.4 Å². The van der Waals surface area contributed by atoms with E-state index in [1.165, 1.54) is 24.0 Å². The van der Waals surface area contributed by atoms with E-state index in [2.05, 4.69) is 43.0 Å². The topological polar surface area (TPSA) is 3.24 Å². The van der Waals surface area contributed by atoms with Gasteiger partial charge in [-0.3, -0.25) is 4.90 Å². The Labute approximate surface area is 149 Å². The van der Waals surface area contributed by atoms with Crippen LogP contribution in [0.25, 0.3) is 0 Å². The summed E-state index contributed by atoms with van der Waals surface area (Å²) in [6, 6.07) is 17.3. The number of benzene rings is 2. The summed E-state index contributed by atoms with van der Waals surface area (Å²) in [6.07, 6.45) is 2.56. The molecule has 1 aliphatic rings. The summed E-state index contributed by atoms with van der Waals surface area (Å²) < 4.78 is 0. The van der Waals surface area contributed by atoms with Crippen molar-refractivity contribution in [2.45, 2.75) is 38.8 Å². The molecule has 3 heteroatoms. The average molecular weight is 348 g/mol. The molecule has 3 rings (SSSR count). The smallest absolute Gasteiger partial charge is 0.0604 e. The van der Waals surface area contributed by atoms with E-state index in [1.54, 1.807) is 0 Å². The number of nitrogens with zero attached hydrogens (tertiary/aromatic N) is 1. The van der Waals surface area contributed by atoms with Gasteiger partial charge in [0.05, 0.1) is 6.04 Å².